The molecule has 4 rings (SSSR count). The van der Waals surface area contributed by atoms with E-state index in [0.717, 1.165) is 45.5 Å². The molecule has 4 nitrogen and oxygen atoms in total. The zero-order chi connectivity index (χ0) is 22.3. The van der Waals surface area contributed by atoms with Gasteiger partial charge in [0.15, 0.2) is 0 Å². The quantitative estimate of drug-likeness (QED) is 0.387. The van der Waals surface area contributed by atoms with Crippen molar-refractivity contribution < 1.29 is 9.59 Å². The summed E-state index contributed by atoms with van der Waals surface area (Å²) in [6, 6.07) is 14.9. The summed E-state index contributed by atoms with van der Waals surface area (Å²) in [7, 11) is 0. The number of amides is 2. The highest BCUT2D eigenvalue weighted by molar-refractivity contribution is 8.18. The Bertz CT molecular complexity index is 1230. The molecule has 1 fully saturated rings. The summed E-state index contributed by atoms with van der Waals surface area (Å²) in [4.78, 5) is 27.1. The van der Waals surface area contributed by atoms with Crippen LogP contribution in [-0.4, -0.2) is 20.6 Å². The van der Waals surface area contributed by atoms with Gasteiger partial charge in [-0.25, -0.2) is 0 Å². The molecule has 3 aromatic rings. The topological polar surface area (TPSA) is 42.3 Å². The molecule has 0 radical (unpaired) electrons. The first kappa shape index (κ1) is 21.8. The molecule has 0 spiro atoms. The van der Waals surface area contributed by atoms with E-state index in [2.05, 4.69) is 4.57 Å². The minimum atomic E-state index is -0.284. The highest BCUT2D eigenvalue weighted by Crippen LogP contribution is 2.35. The number of aromatic nitrogens is 1. The van der Waals surface area contributed by atoms with Crippen molar-refractivity contribution in [2.24, 2.45) is 0 Å². The van der Waals surface area contributed by atoms with E-state index in [9.17, 15) is 9.59 Å². The average Bonchev–Trinajstić information content (AvgIpc) is 3.15. The zero-order valence-corrected chi connectivity index (χ0v) is 19.6. The highest BCUT2D eigenvalue weighted by atomic mass is 35.5. The van der Waals surface area contributed by atoms with Crippen LogP contribution in [0.2, 0.25) is 10.0 Å². The monoisotopic (exact) mass is 470 g/mol. The van der Waals surface area contributed by atoms with Gasteiger partial charge in [-0.2, -0.15) is 0 Å². The Balaban J connectivity index is 1.65. The standard InChI is InChI=1S/C24H20Cl2N2O2S/c1-14-4-7-20(26)12-21(14)28-15(2)10-18(16(28)3)11-22-23(29)27(24(30)31-22)13-17-5-8-19(25)9-6-17/h4-12H,13H2,1-3H3/b22-11+. The fraction of sp³-hybridized carbons (Fsp3) is 0.167. The smallest absolute Gasteiger partial charge is 0.293 e. The summed E-state index contributed by atoms with van der Waals surface area (Å²) >= 11 is 13.1. The van der Waals surface area contributed by atoms with Crippen molar-refractivity contribution in [2.75, 3.05) is 0 Å². The number of hydrogen-bond acceptors (Lipinski definition) is 3. The van der Waals surface area contributed by atoms with Gasteiger partial charge < -0.3 is 4.57 Å². The van der Waals surface area contributed by atoms with Crippen molar-refractivity contribution in [1.82, 2.24) is 9.47 Å². The van der Waals surface area contributed by atoms with Gasteiger partial charge >= 0.3 is 0 Å². The SMILES string of the molecule is Cc1ccc(Cl)cc1-n1c(C)cc(/C=C2/SC(=O)N(Cc3ccc(Cl)cc3)C2=O)c1C. The third-order valence-electron chi connectivity index (χ3n) is 5.30. The number of imide groups is 1. The third kappa shape index (κ3) is 4.31. The van der Waals surface area contributed by atoms with E-state index in [1.54, 1.807) is 18.2 Å². The summed E-state index contributed by atoms with van der Waals surface area (Å²) in [5.41, 5.74) is 5.84. The number of carbonyl (C=O) groups excluding carboxylic acids is 2. The molecule has 1 aromatic heterocycles. The normalized spacial score (nSPS) is 15.4. The average molecular weight is 471 g/mol. The number of aryl methyl sites for hydroxylation is 2. The van der Waals surface area contributed by atoms with Crippen LogP contribution in [0.5, 0.6) is 0 Å². The molecule has 0 aliphatic carbocycles. The van der Waals surface area contributed by atoms with E-state index < -0.39 is 0 Å². The Hall–Kier alpha value is -2.47. The molecule has 0 saturated carbocycles. The number of thioether (sulfide) groups is 1. The highest BCUT2D eigenvalue weighted by Gasteiger charge is 2.35. The molecule has 1 aliphatic rings. The van der Waals surface area contributed by atoms with Gasteiger partial charge in [0.2, 0.25) is 0 Å². The Kier molecular flexibility index (Phi) is 6.02. The van der Waals surface area contributed by atoms with Crippen LogP contribution in [0.3, 0.4) is 0 Å². The zero-order valence-electron chi connectivity index (χ0n) is 17.3. The lowest BCUT2D eigenvalue weighted by Gasteiger charge is -2.13. The Morgan fingerprint density at radius 3 is 2.32 bits per heavy atom. The van der Waals surface area contributed by atoms with Gasteiger partial charge in [-0.05, 0) is 85.6 Å². The summed E-state index contributed by atoms with van der Waals surface area (Å²) in [5, 5.41) is 1.01. The van der Waals surface area contributed by atoms with Crippen LogP contribution < -0.4 is 0 Å². The van der Waals surface area contributed by atoms with Crippen LogP contribution in [-0.2, 0) is 11.3 Å². The van der Waals surface area contributed by atoms with Crippen LogP contribution in [0.4, 0.5) is 4.79 Å². The predicted molar refractivity (Wildman–Crippen MR) is 128 cm³/mol. The summed E-state index contributed by atoms with van der Waals surface area (Å²) in [6.45, 7) is 6.26. The van der Waals surface area contributed by atoms with Crippen LogP contribution in [0.1, 0.15) is 28.1 Å². The minimum Gasteiger partial charge on any atom is -0.318 e. The van der Waals surface area contributed by atoms with Gasteiger partial charge in [-0.3, -0.25) is 14.5 Å². The van der Waals surface area contributed by atoms with E-state index in [-0.39, 0.29) is 17.7 Å². The molecule has 158 valence electrons. The second-order valence-electron chi connectivity index (χ2n) is 7.49. The first-order valence-electron chi connectivity index (χ1n) is 9.70. The molecular formula is C24H20Cl2N2O2S. The fourth-order valence-electron chi connectivity index (χ4n) is 3.68. The second kappa shape index (κ2) is 8.58. The maximum atomic E-state index is 12.9. The van der Waals surface area contributed by atoms with E-state index >= 15 is 0 Å². The molecule has 1 saturated heterocycles. The Morgan fingerprint density at radius 1 is 0.935 bits per heavy atom. The maximum absolute atomic E-state index is 12.9. The number of rotatable bonds is 4. The largest absolute Gasteiger partial charge is 0.318 e. The number of benzene rings is 2. The fourth-order valence-corrected chi connectivity index (χ4v) is 4.80. The summed E-state index contributed by atoms with van der Waals surface area (Å²) in [5.74, 6) is -0.284. The summed E-state index contributed by atoms with van der Waals surface area (Å²) < 4.78 is 2.12. The van der Waals surface area contributed by atoms with Crippen molar-refractivity contribution >= 4 is 52.2 Å². The van der Waals surface area contributed by atoms with Crippen molar-refractivity contribution in [3.05, 3.63) is 91.6 Å². The molecule has 0 N–H and O–H groups in total. The van der Waals surface area contributed by atoms with E-state index in [1.807, 2.05) is 57.2 Å². The van der Waals surface area contributed by atoms with Gasteiger partial charge in [0.05, 0.1) is 11.4 Å². The molecule has 0 bridgehead atoms. The van der Waals surface area contributed by atoms with Crippen LogP contribution >= 0.6 is 35.0 Å². The van der Waals surface area contributed by atoms with E-state index in [4.69, 9.17) is 23.2 Å². The molecule has 0 unspecified atom stereocenters. The number of hydrogen-bond donors (Lipinski definition) is 0. The van der Waals surface area contributed by atoms with Crippen molar-refractivity contribution in [3.8, 4) is 5.69 Å². The molecular weight excluding hydrogens is 451 g/mol. The lowest BCUT2D eigenvalue weighted by Crippen LogP contribution is -2.27. The predicted octanol–water partition coefficient (Wildman–Crippen LogP) is 6.95. The van der Waals surface area contributed by atoms with E-state index in [1.165, 1.54) is 4.90 Å². The first-order chi connectivity index (χ1) is 14.7. The molecule has 1 aliphatic heterocycles. The maximum Gasteiger partial charge on any atom is 0.293 e. The Morgan fingerprint density at radius 2 is 1.61 bits per heavy atom. The minimum absolute atomic E-state index is 0.222. The summed E-state index contributed by atoms with van der Waals surface area (Å²) in [6.07, 6.45) is 1.80. The van der Waals surface area contributed by atoms with E-state index in [0.29, 0.717) is 15.0 Å². The Labute approximate surface area is 195 Å². The van der Waals surface area contributed by atoms with Gasteiger partial charge in [0.25, 0.3) is 11.1 Å². The number of halogens is 2. The van der Waals surface area contributed by atoms with Crippen LogP contribution in [0, 0.1) is 20.8 Å². The molecule has 2 amide bonds. The van der Waals surface area contributed by atoms with Gasteiger partial charge in [0, 0.05) is 27.1 Å². The second-order valence-corrected chi connectivity index (χ2v) is 9.35. The van der Waals surface area contributed by atoms with Gasteiger partial charge in [0.1, 0.15) is 0 Å². The van der Waals surface area contributed by atoms with Crippen molar-refractivity contribution in [3.63, 3.8) is 0 Å². The van der Waals surface area contributed by atoms with Gasteiger partial charge in [-0.15, -0.1) is 0 Å². The van der Waals surface area contributed by atoms with Crippen LogP contribution in [0.15, 0.2) is 53.4 Å². The van der Waals surface area contributed by atoms with Gasteiger partial charge in [-0.1, -0.05) is 41.4 Å². The first-order valence-corrected chi connectivity index (χ1v) is 11.3. The lowest BCUT2D eigenvalue weighted by molar-refractivity contribution is -0.123. The number of carbonyl (C=O) groups is 2. The molecule has 0 atom stereocenters. The number of nitrogens with zero attached hydrogens (tertiary/aromatic N) is 2. The molecule has 2 heterocycles. The molecule has 2 aromatic carbocycles. The van der Waals surface area contributed by atoms with Crippen molar-refractivity contribution in [1.29, 1.82) is 0 Å². The van der Waals surface area contributed by atoms with Crippen LogP contribution in [0.25, 0.3) is 11.8 Å². The lowest BCUT2D eigenvalue weighted by atomic mass is 10.2. The third-order valence-corrected chi connectivity index (χ3v) is 6.69. The van der Waals surface area contributed by atoms with Crippen molar-refractivity contribution in [2.45, 2.75) is 27.3 Å². The molecule has 31 heavy (non-hydrogen) atoms. The molecule has 7 heteroatoms.